The maximum atomic E-state index is 12.7. The minimum absolute atomic E-state index is 0.101. The molecule has 0 spiro atoms. The first-order valence-electron chi connectivity index (χ1n) is 10.0. The Morgan fingerprint density at radius 3 is 2.60 bits per heavy atom. The molecule has 30 heavy (non-hydrogen) atoms. The molecule has 0 bridgehead atoms. The number of sulfonamides is 1. The van der Waals surface area contributed by atoms with E-state index in [4.69, 9.17) is 0 Å². The van der Waals surface area contributed by atoms with Crippen molar-refractivity contribution in [2.75, 3.05) is 19.6 Å². The molecule has 4 rings (SSSR count). The summed E-state index contributed by atoms with van der Waals surface area (Å²) in [6.07, 6.45) is 3.02. The van der Waals surface area contributed by atoms with Gasteiger partial charge in [0, 0.05) is 45.3 Å². The normalized spacial score (nSPS) is 20.4. The van der Waals surface area contributed by atoms with Gasteiger partial charge in [-0.1, -0.05) is 30.3 Å². The molecule has 1 N–H and O–H groups in total. The number of amides is 2. The van der Waals surface area contributed by atoms with E-state index in [0.29, 0.717) is 19.6 Å². The highest BCUT2D eigenvalue weighted by atomic mass is 32.2. The number of hydrogen-bond acceptors (Lipinski definition) is 5. The number of aryl methyl sites for hydroxylation is 1. The maximum absolute atomic E-state index is 12.7. The van der Waals surface area contributed by atoms with E-state index in [0.717, 1.165) is 5.56 Å². The molecule has 2 fully saturated rings. The Morgan fingerprint density at radius 1 is 1.20 bits per heavy atom. The van der Waals surface area contributed by atoms with Crippen LogP contribution in [0.4, 0.5) is 0 Å². The summed E-state index contributed by atoms with van der Waals surface area (Å²) in [4.78, 5) is 26.7. The lowest BCUT2D eigenvalue weighted by atomic mass is 10.1. The molecule has 0 aliphatic carbocycles. The minimum Gasteiger partial charge on any atom is -0.352 e. The lowest BCUT2D eigenvalue weighted by molar-refractivity contribution is -0.132. The third-order valence-electron chi connectivity index (χ3n) is 5.68. The number of benzene rings is 1. The lowest BCUT2D eigenvalue weighted by Gasteiger charge is -2.42. The number of carbonyl (C=O) groups is 2. The van der Waals surface area contributed by atoms with Gasteiger partial charge in [0.25, 0.3) is 0 Å². The Balaban J connectivity index is 1.31. The molecule has 2 aliphatic rings. The number of carbonyl (C=O) groups excluding carboxylic acids is 2. The van der Waals surface area contributed by atoms with Crippen molar-refractivity contribution in [2.45, 2.75) is 37.4 Å². The third-order valence-corrected chi connectivity index (χ3v) is 7.46. The summed E-state index contributed by atoms with van der Waals surface area (Å²) in [5.41, 5.74) is 0.998. The van der Waals surface area contributed by atoms with E-state index in [-0.39, 0.29) is 42.3 Å². The van der Waals surface area contributed by atoms with Crippen LogP contribution in [0.3, 0.4) is 0 Å². The van der Waals surface area contributed by atoms with E-state index >= 15 is 0 Å². The number of aromatic nitrogens is 2. The molecule has 2 amide bonds. The largest absolute Gasteiger partial charge is 0.352 e. The van der Waals surface area contributed by atoms with Crippen molar-refractivity contribution in [2.24, 2.45) is 5.92 Å². The van der Waals surface area contributed by atoms with Gasteiger partial charge in [0.15, 0.2) is 0 Å². The first kappa shape index (κ1) is 20.5. The van der Waals surface area contributed by atoms with Gasteiger partial charge >= 0.3 is 0 Å². The lowest BCUT2D eigenvalue weighted by Crippen LogP contribution is -2.61. The molecule has 1 aromatic heterocycles. The van der Waals surface area contributed by atoms with E-state index in [2.05, 4.69) is 10.4 Å². The molecule has 1 atom stereocenters. The van der Waals surface area contributed by atoms with Crippen molar-refractivity contribution < 1.29 is 18.0 Å². The second kappa shape index (κ2) is 8.19. The van der Waals surface area contributed by atoms with Crippen LogP contribution in [0.15, 0.2) is 47.6 Å². The van der Waals surface area contributed by atoms with Gasteiger partial charge in [0.2, 0.25) is 21.8 Å². The van der Waals surface area contributed by atoms with Crippen LogP contribution in [0.25, 0.3) is 0 Å². The second-order valence-corrected chi connectivity index (χ2v) is 9.60. The SMILES string of the molecule is CCn1cc(S(=O)(=O)N2CC(N3CC(C(=O)NCc4ccccc4)CC3=O)C2)cn1. The van der Waals surface area contributed by atoms with Crippen molar-refractivity contribution in [1.82, 2.24) is 24.3 Å². The Labute approximate surface area is 175 Å². The summed E-state index contributed by atoms with van der Waals surface area (Å²) in [7, 11) is -3.61. The summed E-state index contributed by atoms with van der Waals surface area (Å²) in [5, 5.41) is 6.91. The van der Waals surface area contributed by atoms with Crippen LogP contribution in [0.1, 0.15) is 18.9 Å². The monoisotopic (exact) mass is 431 g/mol. The minimum atomic E-state index is -3.61. The molecule has 10 heteroatoms. The van der Waals surface area contributed by atoms with Crippen molar-refractivity contribution in [3.8, 4) is 0 Å². The van der Waals surface area contributed by atoms with Gasteiger partial charge in [-0.3, -0.25) is 14.3 Å². The fraction of sp³-hybridized carbons (Fsp3) is 0.450. The van der Waals surface area contributed by atoms with Crippen LogP contribution >= 0.6 is 0 Å². The van der Waals surface area contributed by atoms with Crippen molar-refractivity contribution in [3.05, 3.63) is 48.3 Å². The molecule has 2 saturated heterocycles. The zero-order valence-electron chi connectivity index (χ0n) is 16.8. The van der Waals surface area contributed by atoms with Crippen molar-refractivity contribution in [1.29, 1.82) is 0 Å². The van der Waals surface area contributed by atoms with Crippen LogP contribution in [0, 0.1) is 5.92 Å². The number of likely N-dealkylation sites (tertiary alicyclic amines) is 1. The summed E-state index contributed by atoms with van der Waals surface area (Å²) in [5.74, 6) is -0.657. The second-order valence-electron chi connectivity index (χ2n) is 7.66. The van der Waals surface area contributed by atoms with Gasteiger partial charge in [-0.15, -0.1) is 0 Å². The molecule has 9 nitrogen and oxygen atoms in total. The molecule has 0 radical (unpaired) electrons. The van der Waals surface area contributed by atoms with Gasteiger partial charge in [-0.25, -0.2) is 8.42 Å². The van der Waals surface area contributed by atoms with Gasteiger partial charge in [0.05, 0.1) is 18.2 Å². The van der Waals surface area contributed by atoms with Gasteiger partial charge in [-0.2, -0.15) is 9.40 Å². The highest BCUT2D eigenvalue weighted by Gasteiger charge is 2.45. The van der Waals surface area contributed by atoms with E-state index in [1.165, 1.54) is 16.7 Å². The highest BCUT2D eigenvalue weighted by Crippen LogP contribution is 2.29. The summed E-state index contributed by atoms with van der Waals surface area (Å²) in [6.45, 7) is 3.70. The zero-order valence-corrected chi connectivity index (χ0v) is 17.6. The molecule has 0 saturated carbocycles. The van der Waals surface area contributed by atoms with Crippen LogP contribution in [-0.2, 0) is 32.7 Å². The van der Waals surface area contributed by atoms with Crippen molar-refractivity contribution in [3.63, 3.8) is 0 Å². The average Bonchev–Trinajstić information content (AvgIpc) is 3.33. The maximum Gasteiger partial charge on any atom is 0.246 e. The van der Waals surface area contributed by atoms with Crippen LogP contribution in [-0.4, -0.2) is 64.9 Å². The Morgan fingerprint density at radius 2 is 1.93 bits per heavy atom. The topological polar surface area (TPSA) is 105 Å². The molecular weight excluding hydrogens is 406 g/mol. The Bertz CT molecular complexity index is 1030. The van der Waals surface area contributed by atoms with E-state index < -0.39 is 15.9 Å². The molecule has 3 heterocycles. The number of nitrogens with one attached hydrogen (secondary N) is 1. The fourth-order valence-electron chi connectivity index (χ4n) is 3.80. The molecule has 1 unspecified atom stereocenters. The van der Waals surface area contributed by atoms with Gasteiger partial charge in [-0.05, 0) is 12.5 Å². The highest BCUT2D eigenvalue weighted by molar-refractivity contribution is 7.89. The summed E-state index contributed by atoms with van der Waals surface area (Å²) in [6, 6.07) is 9.40. The van der Waals surface area contributed by atoms with Crippen LogP contribution in [0.2, 0.25) is 0 Å². The molecule has 1 aromatic carbocycles. The van der Waals surface area contributed by atoms with Crippen LogP contribution < -0.4 is 5.32 Å². The Kier molecular flexibility index (Phi) is 5.61. The van der Waals surface area contributed by atoms with E-state index in [9.17, 15) is 18.0 Å². The standard InChI is InChI=1S/C20H25N5O4S/c1-2-23-14-18(10-22-23)30(28,29)24-12-17(13-24)25-11-16(8-19(25)26)20(27)21-9-15-6-4-3-5-7-15/h3-7,10,14,16-17H,2,8-9,11-13H2,1H3,(H,21,27). The average molecular weight is 432 g/mol. The predicted octanol–water partition coefficient (Wildman–Crippen LogP) is 0.441. The zero-order chi connectivity index (χ0) is 21.3. The van der Waals surface area contributed by atoms with E-state index in [1.54, 1.807) is 9.58 Å². The number of hydrogen-bond donors (Lipinski definition) is 1. The number of nitrogens with zero attached hydrogens (tertiary/aromatic N) is 4. The summed E-state index contributed by atoms with van der Waals surface area (Å²) >= 11 is 0. The molecular formula is C20H25N5O4S. The van der Waals surface area contributed by atoms with Crippen molar-refractivity contribution >= 4 is 21.8 Å². The Hall–Kier alpha value is -2.72. The smallest absolute Gasteiger partial charge is 0.246 e. The first-order chi connectivity index (χ1) is 14.4. The number of rotatable bonds is 7. The van der Waals surface area contributed by atoms with Gasteiger partial charge in [0.1, 0.15) is 4.90 Å². The van der Waals surface area contributed by atoms with Crippen LogP contribution in [0.5, 0.6) is 0 Å². The first-order valence-corrected chi connectivity index (χ1v) is 11.5. The summed E-state index contributed by atoms with van der Waals surface area (Å²) < 4.78 is 28.3. The third kappa shape index (κ3) is 3.97. The quantitative estimate of drug-likeness (QED) is 0.685. The fourth-order valence-corrected chi connectivity index (χ4v) is 5.27. The van der Waals surface area contributed by atoms with E-state index in [1.807, 2.05) is 37.3 Å². The predicted molar refractivity (Wildman–Crippen MR) is 109 cm³/mol. The van der Waals surface area contributed by atoms with Gasteiger partial charge < -0.3 is 10.2 Å². The molecule has 160 valence electrons. The molecule has 2 aromatic rings. The molecule has 2 aliphatic heterocycles.